The van der Waals surface area contributed by atoms with Gasteiger partial charge in [0, 0.05) is 25.7 Å². The topological polar surface area (TPSA) is 237 Å². The summed E-state index contributed by atoms with van der Waals surface area (Å²) in [5.41, 5.74) is 0. The molecule has 0 heterocycles. The fraction of sp³-hybridized carbons (Fsp3) is 0.941. The van der Waals surface area contributed by atoms with Crippen LogP contribution in [0.5, 0.6) is 0 Å². The van der Waals surface area contributed by atoms with E-state index in [-0.39, 0.29) is 25.7 Å². The van der Waals surface area contributed by atoms with Crippen molar-refractivity contribution < 1.29 is 80.2 Å². The van der Waals surface area contributed by atoms with Crippen LogP contribution in [0.3, 0.4) is 0 Å². The maximum Gasteiger partial charge on any atom is 0.472 e. The van der Waals surface area contributed by atoms with Crippen LogP contribution in [0.2, 0.25) is 0 Å². The molecule has 0 aliphatic carbocycles. The van der Waals surface area contributed by atoms with Crippen LogP contribution >= 0.6 is 15.6 Å². The molecular formula is C68H132O17P2. The predicted octanol–water partition coefficient (Wildman–Crippen LogP) is 19.2. The number of hydrogen-bond donors (Lipinski definition) is 3. The number of aliphatic hydroxyl groups excluding tert-OH is 1. The number of unbranched alkanes of at least 4 members (excludes halogenated alkanes) is 37. The average molecular weight is 1280 g/mol. The van der Waals surface area contributed by atoms with Crippen molar-refractivity contribution in [3.05, 3.63) is 0 Å². The monoisotopic (exact) mass is 1280 g/mol. The van der Waals surface area contributed by atoms with E-state index < -0.39 is 97.5 Å². The van der Waals surface area contributed by atoms with Gasteiger partial charge in [0.2, 0.25) is 0 Å². The van der Waals surface area contributed by atoms with Crippen LogP contribution in [-0.4, -0.2) is 96.7 Å². The van der Waals surface area contributed by atoms with Crippen molar-refractivity contribution in [3.63, 3.8) is 0 Å². The molecule has 0 aromatic heterocycles. The van der Waals surface area contributed by atoms with Gasteiger partial charge >= 0.3 is 39.5 Å². The number of hydrogen-bond acceptors (Lipinski definition) is 15. The second kappa shape index (κ2) is 60.3. The van der Waals surface area contributed by atoms with Crippen molar-refractivity contribution in [1.29, 1.82) is 0 Å². The third-order valence-electron chi connectivity index (χ3n) is 15.7. The summed E-state index contributed by atoms with van der Waals surface area (Å²) < 4.78 is 68.1. The van der Waals surface area contributed by atoms with Crippen LogP contribution in [-0.2, 0) is 65.4 Å². The van der Waals surface area contributed by atoms with E-state index >= 15 is 0 Å². The van der Waals surface area contributed by atoms with E-state index in [4.69, 9.17) is 37.0 Å². The number of esters is 4. The van der Waals surface area contributed by atoms with Gasteiger partial charge in [0.05, 0.1) is 26.4 Å². The minimum Gasteiger partial charge on any atom is -0.462 e. The molecule has 0 rings (SSSR count). The molecule has 0 saturated carbocycles. The normalized spacial score (nSPS) is 14.2. The minimum absolute atomic E-state index is 0.102. The van der Waals surface area contributed by atoms with Crippen molar-refractivity contribution in [2.75, 3.05) is 39.6 Å². The second-order valence-corrected chi connectivity index (χ2v) is 28.4. The van der Waals surface area contributed by atoms with Gasteiger partial charge in [-0.15, -0.1) is 0 Å². The largest absolute Gasteiger partial charge is 0.472 e. The zero-order chi connectivity index (χ0) is 64.3. The van der Waals surface area contributed by atoms with Gasteiger partial charge in [0.15, 0.2) is 12.2 Å². The molecule has 0 amide bonds. The Morgan fingerprint density at radius 2 is 0.529 bits per heavy atom. The highest BCUT2D eigenvalue weighted by molar-refractivity contribution is 7.47. The van der Waals surface area contributed by atoms with E-state index in [1.165, 1.54) is 154 Å². The maximum atomic E-state index is 13.0. The summed E-state index contributed by atoms with van der Waals surface area (Å²) >= 11 is 0. The van der Waals surface area contributed by atoms with Gasteiger partial charge < -0.3 is 33.8 Å². The lowest BCUT2D eigenvalue weighted by Gasteiger charge is -2.21. The highest BCUT2D eigenvalue weighted by atomic mass is 31.2. The number of phosphoric ester groups is 2. The molecule has 3 N–H and O–H groups in total. The first-order valence-corrected chi connectivity index (χ1v) is 38.5. The quantitative estimate of drug-likeness (QED) is 0.0222. The standard InChI is InChI=1S/C68H132O17P2/c1-7-9-11-13-15-17-18-19-20-21-22-25-29-33-40-46-52-67(72)84-63(56-79-66(71)51-45-39-32-28-26-23-24-27-30-36-42-48-60(3)4)58-82-86(74,75)80-54-62(69)55-81-87(76,77)83-59-64(57-78-65(70)50-44-38-31-16-14-12-10-8-2)85-68(73)53-47-41-35-34-37-43-49-61(5)6/h60-64,69H,7-59H2,1-6H3,(H,74,75)(H,76,77)/t62-,63-,64-/m1/s1. The van der Waals surface area contributed by atoms with Gasteiger partial charge in [-0.1, -0.05) is 292 Å². The zero-order valence-corrected chi connectivity index (χ0v) is 58.1. The molecule has 2 unspecified atom stereocenters. The van der Waals surface area contributed by atoms with Gasteiger partial charge in [0.25, 0.3) is 0 Å². The summed E-state index contributed by atoms with van der Waals surface area (Å²) in [7, 11) is -9.89. The summed E-state index contributed by atoms with van der Waals surface area (Å²) in [5.74, 6) is -0.692. The van der Waals surface area contributed by atoms with Crippen LogP contribution in [0.4, 0.5) is 0 Å². The van der Waals surface area contributed by atoms with Crippen molar-refractivity contribution >= 4 is 39.5 Å². The van der Waals surface area contributed by atoms with E-state index in [1.807, 2.05) is 0 Å². The van der Waals surface area contributed by atoms with Crippen LogP contribution in [0.15, 0.2) is 0 Å². The Morgan fingerprint density at radius 3 is 0.782 bits per heavy atom. The summed E-state index contributed by atoms with van der Waals surface area (Å²) in [6.45, 7) is 9.42. The molecule has 0 aliphatic rings. The smallest absolute Gasteiger partial charge is 0.462 e. The van der Waals surface area contributed by atoms with E-state index in [0.717, 1.165) is 102 Å². The first-order valence-electron chi connectivity index (χ1n) is 35.5. The van der Waals surface area contributed by atoms with Crippen molar-refractivity contribution in [1.82, 2.24) is 0 Å². The van der Waals surface area contributed by atoms with Gasteiger partial charge in [-0.25, -0.2) is 9.13 Å². The SMILES string of the molecule is CCCCCCCCCCCCCCCCCCC(=O)O[C@H](COC(=O)CCCCCCCCCCCCCC(C)C)COP(=O)(O)OC[C@@H](O)COP(=O)(O)OC[C@@H](COC(=O)CCCCCCCCCC)OC(=O)CCCCCCCCC(C)C. The Balaban J connectivity index is 5.21. The molecule has 0 aromatic rings. The molecular weight excluding hydrogens is 1150 g/mol. The van der Waals surface area contributed by atoms with Crippen LogP contribution in [0.1, 0.15) is 343 Å². The molecule has 0 bridgehead atoms. The number of ether oxygens (including phenoxy) is 4. The van der Waals surface area contributed by atoms with E-state index in [2.05, 4.69) is 41.5 Å². The van der Waals surface area contributed by atoms with Gasteiger partial charge in [-0.05, 0) is 37.5 Å². The van der Waals surface area contributed by atoms with Crippen LogP contribution in [0, 0.1) is 11.8 Å². The van der Waals surface area contributed by atoms with E-state index in [1.54, 1.807) is 0 Å². The third kappa shape index (κ3) is 62.6. The molecule has 0 aromatic carbocycles. The fourth-order valence-corrected chi connectivity index (χ4v) is 11.8. The number of phosphoric acid groups is 2. The first-order chi connectivity index (χ1) is 41.9. The zero-order valence-electron chi connectivity index (χ0n) is 56.3. The van der Waals surface area contributed by atoms with Gasteiger partial charge in [-0.2, -0.15) is 0 Å². The lowest BCUT2D eigenvalue weighted by atomic mass is 10.0. The number of carbonyl (C=O) groups excluding carboxylic acids is 4. The second-order valence-electron chi connectivity index (χ2n) is 25.5. The highest BCUT2D eigenvalue weighted by Crippen LogP contribution is 2.45. The molecule has 516 valence electrons. The molecule has 0 spiro atoms. The molecule has 0 saturated heterocycles. The van der Waals surface area contributed by atoms with Crippen molar-refractivity contribution in [2.24, 2.45) is 11.8 Å². The predicted molar refractivity (Wildman–Crippen MR) is 349 cm³/mol. The van der Waals surface area contributed by atoms with Gasteiger partial charge in [0.1, 0.15) is 19.3 Å². The third-order valence-corrected chi connectivity index (χ3v) is 17.6. The highest BCUT2D eigenvalue weighted by Gasteiger charge is 2.30. The van der Waals surface area contributed by atoms with Crippen LogP contribution < -0.4 is 0 Å². The molecule has 17 nitrogen and oxygen atoms in total. The molecule has 19 heteroatoms. The Kier molecular flexibility index (Phi) is 59.0. The van der Waals surface area contributed by atoms with Gasteiger partial charge in [-0.3, -0.25) is 37.3 Å². The van der Waals surface area contributed by atoms with Crippen molar-refractivity contribution in [3.8, 4) is 0 Å². The summed E-state index contributed by atoms with van der Waals surface area (Å²) in [4.78, 5) is 72.3. The van der Waals surface area contributed by atoms with Crippen molar-refractivity contribution in [2.45, 2.75) is 362 Å². The molecule has 0 radical (unpaired) electrons. The number of aliphatic hydroxyl groups is 1. The summed E-state index contributed by atoms with van der Waals surface area (Å²) in [6.07, 6.45) is 44.7. The Hall–Kier alpha value is -1.94. The lowest BCUT2D eigenvalue weighted by Crippen LogP contribution is -2.30. The Morgan fingerprint density at radius 1 is 0.310 bits per heavy atom. The average Bonchev–Trinajstić information content (AvgIpc) is 3.69. The minimum atomic E-state index is -4.95. The van der Waals surface area contributed by atoms with E-state index in [9.17, 15) is 43.2 Å². The number of carbonyl (C=O) groups is 4. The first kappa shape index (κ1) is 85.1. The fourth-order valence-electron chi connectivity index (χ4n) is 10.2. The molecule has 0 fully saturated rings. The molecule has 87 heavy (non-hydrogen) atoms. The summed E-state index contributed by atoms with van der Waals surface area (Å²) in [6, 6.07) is 0. The Bertz CT molecular complexity index is 1700. The van der Waals surface area contributed by atoms with E-state index in [0.29, 0.717) is 31.6 Å². The maximum absolute atomic E-state index is 13.0. The molecule has 5 atom stereocenters. The summed E-state index contributed by atoms with van der Waals surface area (Å²) in [5, 5.41) is 10.6. The Labute approximate surface area is 530 Å². The molecule has 0 aliphatic heterocycles. The van der Waals surface area contributed by atoms with Crippen LogP contribution in [0.25, 0.3) is 0 Å². The lowest BCUT2D eigenvalue weighted by molar-refractivity contribution is -0.161. The number of rotatable bonds is 67.